The van der Waals surface area contributed by atoms with Gasteiger partial charge in [-0.2, -0.15) is 0 Å². The maximum atomic E-state index is 13.0. The number of likely N-dealkylation sites (N-methyl/N-ethyl adjacent to an activating group) is 1. The number of aryl methyl sites for hydroxylation is 1. The molecule has 0 aromatic heterocycles. The number of ether oxygens (including phenoxy) is 2. The second-order valence-corrected chi connectivity index (χ2v) is 3.61. The number of rotatable bonds is 5. The van der Waals surface area contributed by atoms with Gasteiger partial charge in [-0.05, 0) is 37.2 Å². The van der Waals surface area contributed by atoms with Gasteiger partial charge in [0.25, 0.3) is 0 Å². The van der Waals surface area contributed by atoms with Gasteiger partial charge in [-0.3, -0.25) is 0 Å². The van der Waals surface area contributed by atoms with E-state index in [9.17, 15) is 4.39 Å². The van der Waals surface area contributed by atoms with Crippen molar-refractivity contribution in [2.45, 2.75) is 19.3 Å². The summed E-state index contributed by atoms with van der Waals surface area (Å²) in [6.45, 7) is 1.87. The molecule has 0 aliphatic rings. The van der Waals surface area contributed by atoms with Crippen molar-refractivity contribution < 1.29 is 13.9 Å². The number of hydrogen-bond acceptors (Lipinski definition) is 3. The smallest absolute Gasteiger partial charge is 0.176 e. The lowest BCUT2D eigenvalue weighted by Crippen LogP contribution is -2.32. The SMILES string of the molecule is CNC(c1ccc(F)cc1C)C(OC)OC. The van der Waals surface area contributed by atoms with E-state index in [4.69, 9.17) is 9.47 Å². The quantitative estimate of drug-likeness (QED) is 0.781. The van der Waals surface area contributed by atoms with E-state index < -0.39 is 6.29 Å². The average molecular weight is 227 g/mol. The van der Waals surface area contributed by atoms with Crippen LogP contribution in [0.3, 0.4) is 0 Å². The monoisotopic (exact) mass is 227 g/mol. The van der Waals surface area contributed by atoms with Crippen LogP contribution >= 0.6 is 0 Å². The molecule has 0 aliphatic carbocycles. The van der Waals surface area contributed by atoms with Crippen LogP contribution in [0.25, 0.3) is 0 Å². The van der Waals surface area contributed by atoms with Gasteiger partial charge in [-0.15, -0.1) is 0 Å². The molecule has 1 aromatic carbocycles. The Kier molecular flexibility index (Phi) is 4.86. The van der Waals surface area contributed by atoms with Crippen LogP contribution in [0.1, 0.15) is 17.2 Å². The number of nitrogens with one attached hydrogen (secondary N) is 1. The molecule has 90 valence electrons. The zero-order valence-corrected chi connectivity index (χ0v) is 10.1. The summed E-state index contributed by atoms with van der Waals surface area (Å²) < 4.78 is 23.4. The third-order valence-corrected chi connectivity index (χ3v) is 2.61. The highest BCUT2D eigenvalue weighted by Crippen LogP contribution is 2.23. The van der Waals surface area contributed by atoms with Gasteiger partial charge in [0.15, 0.2) is 6.29 Å². The average Bonchev–Trinajstić information content (AvgIpc) is 2.27. The molecule has 16 heavy (non-hydrogen) atoms. The lowest BCUT2D eigenvalue weighted by atomic mass is 10.0. The number of benzene rings is 1. The molecule has 0 bridgehead atoms. The highest BCUT2D eigenvalue weighted by Gasteiger charge is 2.22. The highest BCUT2D eigenvalue weighted by molar-refractivity contribution is 5.30. The van der Waals surface area contributed by atoms with Crippen LogP contribution in [0, 0.1) is 12.7 Å². The van der Waals surface area contributed by atoms with Crippen LogP contribution in [0.2, 0.25) is 0 Å². The molecule has 3 nitrogen and oxygen atoms in total. The predicted molar refractivity (Wildman–Crippen MR) is 60.7 cm³/mol. The molecule has 0 saturated carbocycles. The van der Waals surface area contributed by atoms with Crippen LogP contribution in [0.5, 0.6) is 0 Å². The normalized spacial score (nSPS) is 13.1. The summed E-state index contributed by atoms with van der Waals surface area (Å²) in [5.41, 5.74) is 1.84. The molecule has 1 rings (SSSR count). The van der Waals surface area contributed by atoms with E-state index >= 15 is 0 Å². The zero-order valence-electron chi connectivity index (χ0n) is 10.1. The fourth-order valence-corrected chi connectivity index (χ4v) is 1.79. The molecule has 1 N–H and O–H groups in total. The second kappa shape index (κ2) is 5.94. The van der Waals surface area contributed by atoms with Gasteiger partial charge in [0.05, 0.1) is 6.04 Å². The third-order valence-electron chi connectivity index (χ3n) is 2.61. The van der Waals surface area contributed by atoms with Crippen molar-refractivity contribution in [1.29, 1.82) is 0 Å². The molecule has 0 spiro atoms. The molecule has 0 radical (unpaired) electrons. The van der Waals surface area contributed by atoms with Crippen LogP contribution in [0.15, 0.2) is 18.2 Å². The third kappa shape index (κ3) is 2.78. The highest BCUT2D eigenvalue weighted by atomic mass is 19.1. The molecule has 1 aromatic rings. The van der Waals surface area contributed by atoms with Crippen molar-refractivity contribution in [3.05, 3.63) is 35.1 Å². The number of hydrogen-bond donors (Lipinski definition) is 1. The van der Waals surface area contributed by atoms with E-state index in [2.05, 4.69) is 5.32 Å². The first-order chi connectivity index (χ1) is 7.63. The summed E-state index contributed by atoms with van der Waals surface area (Å²) in [6, 6.07) is 4.57. The van der Waals surface area contributed by atoms with Gasteiger partial charge in [-0.25, -0.2) is 4.39 Å². The maximum Gasteiger partial charge on any atom is 0.176 e. The van der Waals surface area contributed by atoms with Crippen LogP contribution in [-0.2, 0) is 9.47 Å². The summed E-state index contributed by atoms with van der Waals surface area (Å²) in [6.07, 6.45) is -0.394. The standard InChI is InChI=1S/C12H18FNO2/c1-8-7-9(13)5-6-10(8)11(14-2)12(15-3)16-4/h5-7,11-12,14H,1-4H3. The number of methoxy groups -OCH3 is 2. The summed E-state index contributed by atoms with van der Waals surface area (Å²) in [7, 11) is 4.98. The molecule has 0 aliphatic heterocycles. The van der Waals surface area contributed by atoms with Gasteiger partial charge in [-0.1, -0.05) is 6.07 Å². The van der Waals surface area contributed by atoms with Crippen molar-refractivity contribution >= 4 is 0 Å². The fraction of sp³-hybridized carbons (Fsp3) is 0.500. The molecule has 0 amide bonds. The lowest BCUT2D eigenvalue weighted by Gasteiger charge is -2.26. The van der Waals surface area contributed by atoms with E-state index in [0.717, 1.165) is 11.1 Å². The van der Waals surface area contributed by atoms with Gasteiger partial charge in [0.2, 0.25) is 0 Å². The minimum atomic E-state index is -0.394. The zero-order chi connectivity index (χ0) is 12.1. The fourth-order valence-electron chi connectivity index (χ4n) is 1.79. The molecule has 0 heterocycles. The Morgan fingerprint density at radius 3 is 2.31 bits per heavy atom. The van der Waals surface area contributed by atoms with E-state index in [1.807, 2.05) is 14.0 Å². The first kappa shape index (κ1) is 13.1. The maximum absolute atomic E-state index is 13.0. The molecule has 0 fully saturated rings. The lowest BCUT2D eigenvalue weighted by molar-refractivity contribution is -0.123. The Morgan fingerprint density at radius 2 is 1.88 bits per heavy atom. The van der Waals surface area contributed by atoms with Crippen molar-refractivity contribution in [1.82, 2.24) is 5.32 Å². The Morgan fingerprint density at radius 1 is 1.25 bits per heavy atom. The van der Waals surface area contributed by atoms with Crippen molar-refractivity contribution in [3.63, 3.8) is 0 Å². The largest absolute Gasteiger partial charge is 0.354 e. The predicted octanol–water partition coefficient (Wildman–Crippen LogP) is 2.01. The minimum Gasteiger partial charge on any atom is -0.354 e. The topological polar surface area (TPSA) is 30.5 Å². The first-order valence-electron chi connectivity index (χ1n) is 5.13. The molecular weight excluding hydrogens is 209 g/mol. The van der Waals surface area contributed by atoms with Crippen LogP contribution in [0.4, 0.5) is 4.39 Å². The Hall–Kier alpha value is -0.970. The van der Waals surface area contributed by atoms with Crippen LogP contribution < -0.4 is 5.32 Å². The van der Waals surface area contributed by atoms with E-state index in [0.29, 0.717) is 0 Å². The summed E-state index contributed by atoms with van der Waals surface area (Å²) in [4.78, 5) is 0. The van der Waals surface area contributed by atoms with Crippen LogP contribution in [-0.4, -0.2) is 27.6 Å². The second-order valence-electron chi connectivity index (χ2n) is 3.61. The molecule has 0 saturated heterocycles. The molecule has 4 heteroatoms. The summed E-state index contributed by atoms with van der Waals surface area (Å²) in [5.74, 6) is -0.234. The van der Waals surface area contributed by atoms with Crippen molar-refractivity contribution in [2.75, 3.05) is 21.3 Å². The Labute approximate surface area is 95.6 Å². The van der Waals surface area contributed by atoms with Crippen molar-refractivity contribution in [3.8, 4) is 0 Å². The van der Waals surface area contributed by atoms with Gasteiger partial charge in [0, 0.05) is 14.2 Å². The van der Waals surface area contributed by atoms with E-state index in [1.54, 1.807) is 20.3 Å². The molecule has 1 atom stereocenters. The summed E-state index contributed by atoms with van der Waals surface area (Å²) >= 11 is 0. The van der Waals surface area contributed by atoms with Gasteiger partial charge < -0.3 is 14.8 Å². The first-order valence-corrected chi connectivity index (χ1v) is 5.13. The van der Waals surface area contributed by atoms with E-state index in [1.165, 1.54) is 12.1 Å². The van der Waals surface area contributed by atoms with Gasteiger partial charge >= 0.3 is 0 Å². The summed E-state index contributed by atoms with van der Waals surface area (Å²) in [5, 5.41) is 3.11. The molecular formula is C12H18FNO2. The Balaban J connectivity index is 3.03. The number of halogens is 1. The minimum absolute atomic E-state index is 0.115. The molecule has 1 unspecified atom stereocenters. The van der Waals surface area contributed by atoms with Crippen molar-refractivity contribution in [2.24, 2.45) is 0 Å². The van der Waals surface area contributed by atoms with Gasteiger partial charge in [0.1, 0.15) is 5.82 Å². The Bertz CT molecular complexity index is 340. The van der Waals surface area contributed by atoms with E-state index in [-0.39, 0.29) is 11.9 Å².